The second-order valence-corrected chi connectivity index (χ2v) is 8.66. The number of nitrogens with zero attached hydrogens (tertiary/aromatic N) is 4. The Morgan fingerprint density at radius 3 is 2.45 bits per heavy atom. The van der Waals surface area contributed by atoms with E-state index in [0.29, 0.717) is 21.7 Å². The lowest BCUT2D eigenvalue weighted by Gasteiger charge is -2.15. The Kier molecular flexibility index (Phi) is 6.34. The predicted octanol–water partition coefficient (Wildman–Crippen LogP) is 5.41. The third-order valence-corrected chi connectivity index (χ3v) is 5.99. The summed E-state index contributed by atoms with van der Waals surface area (Å²) in [7, 11) is 0. The van der Waals surface area contributed by atoms with Crippen molar-refractivity contribution in [3.05, 3.63) is 83.6 Å². The SMILES string of the molecule is Cc1ccccc1-n1c(SC(C)C(=O)Nc2ccc(Cl)cc2)nnc1-c1ccncc1. The third kappa shape index (κ3) is 4.78. The summed E-state index contributed by atoms with van der Waals surface area (Å²) < 4.78 is 1.99. The highest BCUT2D eigenvalue weighted by molar-refractivity contribution is 8.00. The molecule has 0 aliphatic carbocycles. The molecule has 4 aromatic rings. The first-order chi connectivity index (χ1) is 15.0. The van der Waals surface area contributed by atoms with Crippen LogP contribution in [-0.4, -0.2) is 30.9 Å². The first-order valence-corrected chi connectivity index (χ1v) is 10.9. The van der Waals surface area contributed by atoms with Crippen molar-refractivity contribution < 1.29 is 4.79 Å². The molecule has 2 aromatic heterocycles. The summed E-state index contributed by atoms with van der Waals surface area (Å²) in [6, 6.07) is 18.8. The molecule has 6 nitrogen and oxygen atoms in total. The number of amides is 1. The van der Waals surface area contributed by atoms with E-state index in [9.17, 15) is 4.79 Å². The zero-order chi connectivity index (χ0) is 21.8. The monoisotopic (exact) mass is 449 g/mol. The van der Waals surface area contributed by atoms with Gasteiger partial charge in [0.1, 0.15) is 0 Å². The Morgan fingerprint density at radius 1 is 1.03 bits per heavy atom. The van der Waals surface area contributed by atoms with Gasteiger partial charge in [0, 0.05) is 28.7 Å². The standard InChI is InChI=1S/C23H20ClN5OS/c1-15-5-3-4-6-20(15)29-21(17-11-13-25-14-12-17)27-28-23(29)31-16(2)22(30)26-19-9-7-18(24)8-10-19/h3-14,16H,1-2H3,(H,26,30). The van der Waals surface area contributed by atoms with Gasteiger partial charge in [-0.1, -0.05) is 41.6 Å². The number of nitrogens with one attached hydrogen (secondary N) is 1. The minimum absolute atomic E-state index is 0.128. The Labute approximate surface area is 189 Å². The molecule has 1 amide bonds. The van der Waals surface area contributed by atoms with Gasteiger partial charge in [-0.3, -0.25) is 14.3 Å². The summed E-state index contributed by atoms with van der Waals surface area (Å²) in [6.07, 6.45) is 3.45. The summed E-state index contributed by atoms with van der Waals surface area (Å²) >= 11 is 7.28. The highest BCUT2D eigenvalue weighted by Gasteiger charge is 2.22. The number of hydrogen-bond acceptors (Lipinski definition) is 5. The summed E-state index contributed by atoms with van der Waals surface area (Å²) in [5, 5.41) is 12.6. The van der Waals surface area contributed by atoms with E-state index in [-0.39, 0.29) is 5.91 Å². The number of anilines is 1. The molecule has 0 radical (unpaired) electrons. The van der Waals surface area contributed by atoms with Crippen LogP contribution in [0.4, 0.5) is 5.69 Å². The zero-order valence-corrected chi connectivity index (χ0v) is 18.6. The van der Waals surface area contributed by atoms with Crippen LogP contribution in [0.1, 0.15) is 12.5 Å². The molecule has 1 N–H and O–H groups in total. The van der Waals surface area contributed by atoms with Gasteiger partial charge in [0.2, 0.25) is 5.91 Å². The van der Waals surface area contributed by atoms with Crippen molar-refractivity contribution in [2.75, 3.05) is 5.32 Å². The minimum atomic E-state index is -0.395. The second kappa shape index (κ2) is 9.32. The highest BCUT2D eigenvalue weighted by atomic mass is 35.5. The molecule has 0 bridgehead atoms. The lowest BCUT2D eigenvalue weighted by Crippen LogP contribution is -2.22. The van der Waals surface area contributed by atoms with E-state index in [2.05, 4.69) is 20.5 Å². The largest absolute Gasteiger partial charge is 0.325 e. The fourth-order valence-electron chi connectivity index (χ4n) is 3.05. The second-order valence-electron chi connectivity index (χ2n) is 6.92. The Hall–Kier alpha value is -3.16. The highest BCUT2D eigenvalue weighted by Crippen LogP contribution is 2.31. The van der Waals surface area contributed by atoms with Gasteiger partial charge >= 0.3 is 0 Å². The van der Waals surface area contributed by atoms with Gasteiger partial charge in [0.05, 0.1) is 10.9 Å². The quantitative estimate of drug-likeness (QED) is 0.398. The van der Waals surface area contributed by atoms with E-state index < -0.39 is 5.25 Å². The van der Waals surface area contributed by atoms with Crippen LogP contribution in [0.2, 0.25) is 5.02 Å². The first-order valence-electron chi connectivity index (χ1n) is 9.68. The van der Waals surface area contributed by atoms with Crippen LogP contribution < -0.4 is 5.32 Å². The van der Waals surface area contributed by atoms with Gasteiger partial charge in [-0.05, 0) is 61.9 Å². The molecule has 0 spiro atoms. The Bertz CT molecular complexity index is 1190. The number of para-hydroxylation sites is 1. The first kappa shape index (κ1) is 21.1. The molecule has 31 heavy (non-hydrogen) atoms. The summed E-state index contributed by atoms with van der Waals surface area (Å²) in [5.74, 6) is 0.571. The molecule has 8 heteroatoms. The number of carbonyl (C=O) groups is 1. The van der Waals surface area contributed by atoms with Gasteiger partial charge in [-0.2, -0.15) is 0 Å². The summed E-state index contributed by atoms with van der Waals surface area (Å²) in [6.45, 7) is 3.88. The molecule has 0 aliphatic heterocycles. The van der Waals surface area contributed by atoms with Gasteiger partial charge in [-0.25, -0.2) is 0 Å². The minimum Gasteiger partial charge on any atom is -0.325 e. The maximum absolute atomic E-state index is 12.8. The lowest BCUT2D eigenvalue weighted by molar-refractivity contribution is -0.115. The van der Waals surface area contributed by atoms with Crippen LogP contribution in [0.3, 0.4) is 0 Å². The number of thioether (sulfide) groups is 1. The number of rotatable bonds is 6. The van der Waals surface area contributed by atoms with Gasteiger partial charge in [0.25, 0.3) is 0 Å². The number of aromatic nitrogens is 4. The van der Waals surface area contributed by atoms with Gasteiger partial charge < -0.3 is 5.32 Å². The topological polar surface area (TPSA) is 72.7 Å². The van der Waals surface area contributed by atoms with Crippen LogP contribution >= 0.6 is 23.4 Å². The molecule has 4 rings (SSSR count). The van der Waals surface area contributed by atoms with E-state index >= 15 is 0 Å². The van der Waals surface area contributed by atoms with Crippen molar-refractivity contribution in [3.8, 4) is 17.1 Å². The Morgan fingerprint density at radius 2 is 1.74 bits per heavy atom. The van der Waals surface area contributed by atoms with Crippen molar-refractivity contribution >= 4 is 35.0 Å². The number of pyridine rings is 1. The van der Waals surface area contributed by atoms with E-state index in [0.717, 1.165) is 16.8 Å². The van der Waals surface area contributed by atoms with Crippen molar-refractivity contribution in [3.63, 3.8) is 0 Å². The lowest BCUT2D eigenvalue weighted by atomic mass is 10.2. The molecule has 156 valence electrons. The molecular formula is C23H20ClN5OS. The van der Waals surface area contributed by atoms with Crippen LogP contribution in [0.25, 0.3) is 17.1 Å². The number of hydrogen-bond donors (Lipinski definition) is 1. The molecule has 2 heterocycles. The van der Waals surface area contributed by atoms with Crippen LogP contribution in [0.5, 0.6) is 0 Å². The molecule has 0 aliphatic rings. The van der Waals surface area contributed by atoms with Crippen molar-refractivity contribution in [2.24, 2.45) is 0 Å². The van der Waals surface area contributed by atoms with Crippen LogP contribution in [-0.2, 0) is 4.79 Å². The third-order valence-electron chi connectivity index (χ3n) is 4.69. The molecule has 0 fully saturated rings. The fraction of sp³-hybridized carbons (Fsp3) is 0.130. The summed E-state index contributed by atoms with van der Waals surface area (Å²) in [5.41, 5.74) is 3.64. The summed E-state index contributed by atoms with van der Waals surface area (Å²) in [4.78, 5) is 16.9. The number of halogens is 1. The van der Waals surface area contributed by atoms with Crippen molar-refractivity contribution in [2.45, 2.75) is 24.3 Å². The molecule has 0 saturated heterocycles. The number of aryl methyl sites for hydroxylation is 1. The average Bonchev–Trinajstić information content (AvgIpc) is 3.19. The smallest absolute Gasteiger partial charge is 0.237 e. The zero-order valence-electron chi connectivity index (χ0n) is 17.0. The molecule has 1 unspecified atom stereocenters. The van der Waals surface area contributed by atoms with Crippen molar-refractivity contribution in [1.82, 2.24) is 19.7 Å². The molecule has 2 aromatic carbocycles. The maximum Gasteiger partial charge on any atom is 0.237 e. The fourth-order valence-corrected chi connectivity index (χ4v) is 4.04. The predicted molar refractivity (Wildman–Crippen MR) is 125 cm³/mol. The average molecular weight is 450 g/mol. The normalized spacial score (nSPS) is 11.8. The number of carbonyl (C=O) groups excluding carboxylic acids is 1. The van der Waals surface area contributed by atoms with Crippen LogP contribution in [0.15, 0.2) is 78.2 Å². The van der Waals surface area contributed by atoms with E-state index in [4.69, 9.17) is 11.6 Å². The molecule has 1 atom stereocenters. The van der Waals surface area contributed by atoms with E-state index in [1.54, 1.807) is 36.7 Å². The van der Waals surface area contributed by atoms with Gasteiger partial charge in [0.15, 0.2) is 11.0 Å². The van der Waals surface area contributed by atoms with Crippen molar-refractivity contribution in [1.29, 1.82) is 0 Å². The van der Waals surface area contributed by atoms with Gasteiger partial charge in [-0.15, -0.1) is 10.2 Å². The maximum atomic E-state index is 12.8. The number of benzene rings is 2. The molecule has 0 saturated carbocycles. The molecular weight excluding hydrogens is 430 g/mol. The van der Waals surface area contributed by atoms with E-state index in [1.807, 2.05) is 54.8 Å². The Balaban J connectivity index is 1.65. The van der Waals surface area contributed by atoms with Crippen LogP contribution in [0, 0.1) is 6.92 Å². The van der Waals surface area contributed by atoms with E-state index in [1.165, 1.54) is 11.8 Å².